The van der Waals surface area contributed by atoms with Crippen LogP contribution in [0, 0.1) is 0 Å². The SMILES string of the molecule is CN(C)C(=O)c1cccc(COC(=O)c2cc3c([nH]c2=O)CCC3)c1. The van der Waals surface area contributed by atoms with E-state index in [9.17, 15) is 14.4 Å². The van der Waals surface area contributed by atoms with Gasteiger partial charge in [-0.3, -0.25) is 9.59 Å². The summed E-state index contributed by atoms with van der Waals surface area (Å²) < 4.78 is 5.27. The molecule has 1 heterocycles. The lowest BCUT2D eigenvalue weighted by molar-refractivity contribution is 0.0470. The molecule has 0 fully saturated rings. The molecule has 0 unspecified atom stereocenters. The molecular weight excluding hydrogens is 320 g/mol. The van der Waals surface area contributed by atoms with Crippen LogP contribution < -0.4 is 5.56 Å². The van der Waals surface area contributed by atoms with Gasteiger partial charge in [0.2, 0.25) is 0 Å². The number of rotatable bonds is 4. The van der Waals surface area contributed by atoms with Crippen molar-refractivity contribution in [3.05, 3.63) is 68.6 Å². The van der Waals surface area contributed by atoms with Gasteiger partial charge in [0.1, 0.15) is 12.2 Å². The summed E-state index contributed by atoms with van der Waals surface area (Å²) in [5.41, 5.74) is 2.75. The average Bonchev–Trinajstić information content (AvgIpc) is 3.05. The van der Waals surface area contributed by atoms with Gasteiger partial charge in [-0.05, 0) is 48.6 Å². The molecule has 0 bridgehead atoms. The number of aryl methyl sites for hydroxylation is 2. The third-order valence-electron chi connectivity index (χ3n) is 4.26. The van der Waals surface area contributed by atoms with Crippen LogP contribution >= 0.6 is 0 Å². The molecule has 0 spiro atoms. The predicted octanol–water partition coefficient (Wildman–Crippen LogP) is 1.92. The largest absolute Gasteiger partial charge is 0.457 e. The van der Waals surface area contributed by atoms with E-state index in [1.807, 2.05) is 0 Å². The van der Waals surface area contributed by atoms with Gasteiger partial charge in [-0.1, -0.05) is 12.1 Å². The molecule has 1 aliphatic rings. The number of esters is 1. The van der Waals surface area contributed by atoms with Gasteiger partial charge in [0, 0.05) is 25.4 Å². The van der Waals surface area contributed by atoms with Gasteiger partial charge >= 0.3 is 5.97 Å². The molecule has 6 nitrogen and oxygen atoms in total. The summed E-state index contributed by atoms with van der Waals surface area (Å²) in [5.74, 6) is -0.775. The number of pyridine rings is 1. The van der Waals surface area contributed by atoms with E-state index in [0.717, 1.165) is 30.5 Å². The molecule has 6 heteroatoms. The van der Waals surface area contributed by atoms with Crippen molar-refractivity contribution in [2.24, 2.45) is 0 Å². The molecular formula is C19H20N2O4. The zero-order valence-corrected chi connectivity index (χ0v) is 14.3. The minimum atomic E-state index is -0.653. The molecule has 1 N–H and O–H groups in total. The first-order valence-corrected chi connectivity index (χ1v) is 8.18. The number of hydrogen-bond donors (Lipinski definition) is 1. The zero-order valence-electron chi connectivity index (χ0n) is 14.3. The molecule has 0 atom stereocenters. The second kappa shape index (κ2) is 6.93. The van der Waals surface area contributed by atoms with Crippen molar-refractivity contribution in [3.8, 4) is 0 Å². The van der Waals surface area contributed by atoms with Crippen molar-refractivity contribution in [2.45, 2.75) is 25.9 Å². The molecule has 0 radical (unpaired) electrons. The van der Waals surface area contributed by atoms with Crippen LogP contribution in [0.4, 0.5) is 0 Å². The highest BCUT2D eigenvalue weighted by molar-refractivity contribution is 5.94. The van der Waals surface area contributed by atoms with Gasteiger partial charge < -0.3 is 14.6 Å². The standard InChI is InChI=1S/C19H20N2O4/c1-21(2)18(23)14-7-3-5-12(9-14)11-25-19(24)15-10-13-6-4-8-16(13)20-17(15)22/h3,5,7,9-10H,4,6,8,11H2,1-2H3,(H,20,22). The van der Waals surface area contributed by atoms with E-state index in [-0.39, 0.29) is 18.1 Å². The molecule has 0 aliphatic heterocycles. The molecule has 1 amide bonds. The highest BCUT2D eigenvalue weighted by Crippen LogP contribution is 2.19. The van der Waals surface area contributed by atoms with Crippen molar-refractivity contribution < 1.29 is 14.3 Å². The first kappa shape index (κ1) is 17.0. The Morgan fingerprint density at radius 1 is 1.20 bits per heavy atom. The summed E-state index contributed by atoms with van der Waals surface area (Å²) >= 11 is 0. The summed E-state index contributed by atoms with van der Waals surface area (Å²) in [6.07, 6.45) is 2.68. The quantitative estimate of drug-likeness (QED) is 0.863. The van der Waals surface area contributed by atoms with E-state index in [1.165, 1.54) is 4.90 Å². The molecule has 25 heavy (non-hydrogen) atoms. The number of carbonyl (C=O) groups excluding carboxylic acids is 2. The Morgan fingerprint density at radius 3 is 2.76 bits per heavy atom. The number of amides is 1. The lowest BCUT2D eigenvalue weighted by atomic mass is 10.1. The number of carbonyl (C=O) groups is 2. The summed E-state index contributed by atoms with van der Waals surface area (Å²) in [4.78, 5) is 40.5. The Labute approximate surface area is 145 Å². The Morgan fingerprint density at radius 2 is 2.00 bits per heavy atom. The summed E-state index contributed by atoms with van der Waals surface area (Å²) in [6.45, 7) is 0.00388. The molecule has 1 aromatic carbocycles. The average molecular weight is 340 g/mol. The van der Waals surface area contributed by atoms with Gasteiger partial charge in [-0.15, -0.1) is 0 Å². The molecule has 0 saturated heterocycles. The number of aromatic amines is 1. The maximum atomic E-state index is 12.2. The molecule has 2 aromatic rings. The maximum absolute atomic E-state index is 12.2. The normalized spacial score (nSPS) is 12.6. The molecule has 1 aliphatic carbocycles. The van der Waals surface area contributed by atoms with Crippen LogP contribution in [0.25, 0.3) is 0 Å². The first-order chi connectivity index (χ1) is 12.0. The number of hydrogen-bond acceptors (Lipinski definition) is 4. The van der Waals surface area contributed by atoms with Gasteiger partial charge in [0.05, 0.1) is 0 Å². The maximum Gasteiger partial charge on any atom is 0.344 e. The Kier molecular flexibility index (Phi) is 4.70. The smallest absolute Gasteiger partial charge is 0.344 e. The Bertz CT molecular complexity index is 883. The fourth-order valence-electron chi connectivity index (χ4n) is 2.94. The fraction of sp³-hybridized carbons (Fsp3) is 0.316. The van der Waals surface area contributed by atoms with Crippen molar-refractivity contribution in [1.82, 2.24) is 9.88 Å². The van der Waals surface area contributed by atoms with E-state index < -0.39 is 11.5 Å². The van der Waals surface area contributed by atoms with Gasteiger partial charge in [0.15, 0.2) is 0 Å². The second-order valence-corrected chi connectivity index (χ2v) is 6.35. The van der Waals surface area contributed by atoms with E-state index >= 15 is 0 Å². The second-order valence-electron chi connectivity index (χ2n) is 6.35. The van der Waals surface area contributed by atoms with Gasteiger partial charge in [-0.2, -0.15) is 0 Å². The van der Waals surface area contributed by atoms with Crippen LogP contribution in [0.2, 0.25) is 0 Å². The number of fused-ring (bicyclic) bond motifs is 1. The van der Waals surface area contributed by atoms with E-state index in [0.29, 0.717) is 11.1 Å². The Hall–Kier alpha value is -2.89. The lowest BCUT2D eigenvalue weighted by Gasteiger charge is -2.11. The number of nitrogens with zero attached hydrogens (tertiary/aromatic N) is 1. The molecule has 130 valence electrons. The number of nitrogens with one attached hydrogen (secondary N) is 1. The monoisotopic (exact) mass is 340 g/mol. The van der Waals surface area contributed by atoms with Crippen LogP contribution in [0.15, 0.2) is 35.1 Å². The van der Waals surface area contributed by atoms with E-state index in [2.05, 4.69) is 4.98 Å². The topological polar surface area (TPSA) is 79.5 Å². The summed E-state index contributed by atoms with van der Waals surface area (Å²) in [5, 5.41) is 0. The van der Waals surface area contributed by atoms with Crippen molar-refractivity contribution in [3.63, 3.8) is 0 Å². The highest BCUT2D eigenvalue weighted by atomic mass is 16.5. The highest BCUT2D eigenvalue weighted by Gasteiger charge is 2.19. The first-order valence-electron chi connectivity index (χ1n) is 8.18. The lowest BCUT2D eigenvalue weighted by Crippen LogP contribution is -2.22. The van der Waals surface area contributed by atoms with Crippen molar-refractivity contribution in [2.75, 3.05) is 14.1 Å². The van der Waals surface area contributed by atoms with E-state index in [1.54, 1.807) is 44.4 Å². The number of benzene rings is 1. The number of aromatic nitrogens is 1. The van der Waals surface area contributed by atoms with Crippen LogP contribution in [0.3, 0.4) is 0 Å². The minimum absolute atomic E-state index is 0.00388. The fourth-order valence-corrected chi connectivity index (χ4v) is 2.94. The third-order valence-corrected chi connectivity index (χ3v) is 4.26. The summed E-state index contributed by atoms with van der Waals surface area (Å²) in [6, 6.07) is 8.53. The Balaban J connectivity index is 1.72. The third kappa shape index (κ3) is 3.63. The molecule has 3 rings (SSSR count). The van der Waals surface area contributed by atoms with Crippen LogP contribution in [0.5, 0.6) is 0 Å². The van der Waals surface area contributed by atoms with Crippen LogP contribution in [-0.4, -0.2) is 35.9 Å². The molecule has 0 saturated carbocycles. The number of ether oxygens (including phenoxy) is 1. The van der Waals surface area contributed by atoms with Crippen molar-refractivity contribution >= 4 is 11.9 Å². The number of H-pyrrole nitrogens is 1. The van der Waals surface area contributed by atoms with Crippen LogP contribution in [0.1, 0.15) is 44.0 Å². The molecule has 1 aromatic heterocycles. The summed E-state index contributed by atoms with van der Waals surface area (Å²) in [7, 11) is 3.35. The zero-order chi connectivity index (χ0) is 18.0. The van der Waals surface area contributed by atoms with E-state index in [4.69, 9.17) is 4.74 Å². The van der Waals surface area contributed by atoms with Crippen molar-refractivity contribution in [1.29, 1.82) is 0 Å². The van der Waals surface area contributed by atoms with Crippen LogP contribution in [-0.2, 0) is 24.2 Å². The van der Waals surface area contributed by atoms with Gasteiger partial charge in [-0.25, -0.2) is 4.79 Å². The van der Waals surface area contributed by atoms with Gasteiger partial charge in [0.25, 0.3) is 11.5 Å². The minimum Gasteiger partial charge on any atom is -0.457 e. The predicted molar refractivity (Wildman–Crippen MR) is 92.7 cm³/mol.